The number of anilines is 1. The summed E-state index contributed by atoms with van der Waals surface area (Å²) in [5.41, 5.74) is 1.66. The van der Waals surface area contributed by atoms with E-state index in [2.05, 4.69) is 31.9 Å². The lowest BCUT2D eigenvalue weighted by Crippen LogP contribution is -2.50. The van der Waals surface area contributed by atoms with Gasteiger partial charge in [0.1, 0.15) is 6.04 Å². The molecule has 38 heavy (non-hydrogen) atoms. The lowest BCUT2D eigenvalue weighted by molar-refractivity contribution is -0.129. The standard InChI is InChI=1S/C25H27ClN6O6/c26-10-16-6-7-17-9-18(16)24(37)30-13-22(35)28-11-20(33)27-12-21(34)29-14-23(36)32-19(25(38)31-17)8-15-4-2-1-3-5-15/h1-7,9,19H,8,10-14H2,(H,27,33)(H,28,35)(H,29,34)(H,30,37)(H,31,38)(H,32,36)/t19-/m0/s1. The first-order valence-corrected chi connectivity index (χ1v) is 12.2. The Kier molecular flexibility index (Phi) is 10.2. The summed E-state index contributed by atoms with van der Waals surface area (Å²) in [6.45, 7) is -1.70. The molecule has 13 heteroatoms. The van der Waals surface area contributed by atoms with Crippen LogP contribution in [-0.4, -0.2) is 67.7 Å². The molecule has 200 valence electrons. The summed E-state index contributed by atoms with van der Waals surface area (Å²) in [6.07, 6.45) is 0.157. The number of halogens is 1. The molecule has 0 fully saturated rings. The first kappa shape index (κ1) is 28.1. The molecule has 12 nitrogen and oxygen atoms in total. The second kappa shape index (κ2) is 13.7. The third-order valence-electron chi connectivity index (χ3n) is 5.45. The van der Waals surface area contributed by atoms with Crippen LogP contribution < -0.4 is 31.9 Å². The van der Waals surface area contributed by atoms with Gasteiger partial charge in [-0.1, -0.05) is 36.4 Å². The molecule has 1 heterocycles. The molecule has 1 aliphatic heterocycles. The maximum atomic E-state index is 13.2. The first-order chi connectivity index (χ1) is 18.2. The Morgan fingerprint density at radius 2 is 1.29 bits per heavy atom. The number of fused-ring (bicyclic) bond motifs is 2. The number of benzene rings is 2. The minimum atomic E-state index is -1.01. The quantitative estimate of drug-likeness (QED) is 0.276. The van der Waals surface area contributed by atoms with E-state index < -0.39 is 67.7 Å². The lowest BCUT2D eigenvalue weighted by Gasteiger charge is -2.20. The van der Waals surface area contributed by atoms with Crippen molar-refractivity contribution < 1.29 is 28.8 Å². The average molecular weight is 543 g/mol. The summed E-state index contributed by atoms with van der Waals surface area (Å²) in [4.78, 5) is 74.5. The molecule has 2 bridgehead atoms. The zero-order chi connectivity index (χ0) is 27.5. The fourth-order valence-electron chi connectivity index (χ4n) is 3.50. The van der Waals surface area contributed by atoms with Gasteiger partial charge in [-0.2, -0.15) is 0 Å². The van der Waals surface area contributed by atoms with Gasteiger partial charge >= 0.3 is 0 Å². The number of carbonyl (C=O) groups excluding carboxylic acids is 6. The van der Waals surface area contributed by atoms with Gasteiger partial charge in [-0.15, -0.1) is 11.6 Å². The molecule has 0 aliphatic carbocycles. The van der Waals surface area contributed by atoms with Crippen molar-refractivity contribution in [3.63, 3.8) is 0 Å². The second-order valence-electron chi connectivity index (χ2n) is 8.32. The van der Waals surface area contributed by atoms with E-state index in [9.17, 15) is 28.8 Å². The summed E-state index contributed by atoms with van der Waals surface area (Å²) >= 11 is 5.97. The minimum absolute atomic E-state index is 0.00174. The Balaban J connectivity index is 1.87. The molecule has 3 rings (SSSR count). The van der Waals surface area contributed by atoms with Crippen molar-refractivity contribution in [1.29, 1.82) is 0 Å². The Bertz CT molecular complexity index is 1220. The number of hydrogen-bond acceptors (Lipinski definition) is 6. The van der Waals surface area contributed by atoms with E-state index in [0.29, 0.717) is 5.56 Å². The van der Waals surface area contributed by atoms with Crippen LogP contribution in [0.25, 0.3) is 0 Å². The number of nitrogens with one attached hydrogen (secondary N) is 6. The van der Waals surface area contributed by atoms with Crippen LogP contribution >= 0.6 is 11.6 Å². The third-order valence-corrected chi connectivity index (χ3v) is 5.74. The predicted molar refractivity (Wildman–Crippen MR) is 138 cm³/mol. The Morgan fingerprint density at radius 1 is 0.711 bits per heavy atom. The van der Waals surface area contributed by atoms with E-state index in [1.165, 1.54) is 6.07 Å². The Morgan fingerprint density at radius 3 is 1.89 bits per heavy atom. The summed E-state index contributed by atoms with van der Waals surface area (Å²) in [7, 11) is 0. The maximum absolute atomic E-state index is 13.2. The maximum Gasteiger partial charge on any atom is 0.252 e. The fourth-order valence-corrected chi connectivity index (χ4v) is 3.73. The van der Waals surface area contributed by atoms with E-state index in [0.717, 1.165) is 5.56 Å². The number of carbonyl (C=O) groups is 6. The van der Waals surface area contributed by atoms with Crippen LogP contribution in [0.1, 0.15) is 21.5 Å². The SMILES string of the molecule is O=C1CNC(=O)CNC(=O)c2cc(ccc2CCl)NC(=O)[C@H](Cc2ccccc2)NC(=O)CNC(=O)CN1. The largest absolute Gasteiger partial charge is 0.346 e. The van der Waals surface area contributed by atoms with E-state index in [4.69, 9.17) is 11.6 Å². The van der Waals surface area contributed by atoms with E-state index in [1.54, 1.807) is 36.4 Å². The molecule has 0 saturated carbocycles. The second-order valence-corrected chi connectivity index (χ2v) is 8.58. The highest BCUT2D eigenvalue weighted by Crippen LogP contribution is 2.19. The van der Waals surface area contributed by atoms with Crippen molar-refractivity contribution in [1.82, 2.24) is 26.6 Å². The highest BCUT2D eigenvalue weighted by atomic mass is 35.5. The summed E-state index contributed by atoms with van der Waals surface area (Å²) < 4.78 is 0. The van der Waals surface area contributed by atoms with Gasteiger partial charge in [0.2, 0.25) is 29.5 Å². The van der Waals surface area contributed by atoms with Crippen molar-refractivity contribution in [3.8, 4) is 0 Å². The van der Waals surface area contributed by atoms with Crippen molar-refractivity contribution in [2.45, 2.75) is 18.3 Å². The molecule has 2 aromatic carbocycles. The van der Waals surface area contributed by atoms with Crippen LogP contribution in [0.3, 0.4) is 0 Å². The fraction of sp³-hybridized carbons (Fsp3) is 0.280. The number of rotatable bonds is 3. The highest BCUT2D eigenvalue weighted by Gasteiger charge is 2.23. The summed E-state index contributed by atoms with van der Waals surface area (Å²) in [6, 6.07) is 12.5. The molecule has 0 aromatic heterocycles. The van der Waals surface area contributed by atoms with Crippen LogP contribution in [-0.2, 0) is 36.3 Å². The van der Waals surface area contributed by atoms with E-state index in [1.807, 2.05) is 6.07 Å². The molecule has 0 radical (unpaired) electrons. The average Bonchev–Trinajstić information content (AvgIpc) is 2.92. The van der Waals surface area contributed by atoms with Gasteiger partial charge in [-0.3, -0.25) is 28.8 Å². The highest BCUT2D eigenvalue weighted by molar-refractivity contribution is 6.18. The van der Waals surface area contributed by atoms with Gasteiger partial charge in [-0.05, 0) is 23.3 Å². The zero-order valence-corrected chi connectivity index (χ0v) is 21.0. The van der Waals surface area contributed by atoms with Gasteiger partial charge < -0.3 is 31.9 Å². The van der Waals surface area contributed by atoms with E-state index >= 15 is 0 Å². The number of hydrogen-bond donors (Lipinski definition) is 6. The van der Waals surface area contributed by atoms with Crippen molar-refractivity contribution in [2.75, 3.05) is 31.5 Å². The van der Waals surface area contributed by atoms with Gasteiger partial charge in [0.25, 0.3) is 5.91 Å². The van der Waals surface area contributed by atoms with Crippen molar-refractivity contribution in [2.24, 2.45) is 0 Å². The molecule has 0 saturated heterocycles. The topological polar surface area (TPSA) is 175 Å². The molecule has 6 amide bonds. The van der Waals surface area contributed by atoms with Gasteiger partial charge in [0, 0.05) is 23.6 Å². The number of alkyl halides is 1. The smallest absolute Gasteiger partial charge is 0.252 e. The third kappa shape index (κ3) is 8.59. The summed E-state index contributed by atoms with van der Waals surface area (Å²) in [5, 5.41) is 14.7. The van der Waals surface area contributed by atoms with Crippen LogP contribution in [0.2, 0.25) is 0 Å². The Labute approximate surface area is 223 Å². The van der Waals surface area contributed by atoms with Gasteiger partial charge in [-0.25, -0.2) is 0 Å². The van der Waals surface area contributed by atoms with Gasteiger partial charge in [0.15, 0.2) is 0 Å². The molecule has 1 aliphatic rings. The monoisotopic (exact) mass is 542 g/mol. The van der Waals surface area contributed by atoms with Crippen LogP contribution in [0.4, 0.5) is 5.69 Å². The molecule has 0 spiro atoms. The summed E-state index contributed by atoms with van der Waals surface area (Å²) in [5.74, 6) is -3.71. The molecule has 0 unspecified atom stereocenters. The first-order valence-electron chi connectivity index (χ1n) is 11.7. The zero-order valence-electron chi connectivity index (χ0n) is 20.3. The van der Waals surface area contributed by atoms with Crippen LogP contribution in [0.15, 0.2) is 48.5 Å². The van der Waals surface area contributed by atoms with Crippen molar-refractivity contribution >= 4 is 52.7 Å². The Hall–Kier alpha value is -4.45. The molecule has 6 N–H and O–H groups in total. The molecule has 2 aromatic rings. The molecular weight excluding hydrogens is 516 g/mol. The molecule has 1 atom stereocenters. The van der Waals surface area contributed by atoms with E-state index in [-0.39, 0.29) is 23.6 Å². The predicted octanol–water partition coefficient (Wildman–Crippen LogP) is -0.817. The molecular formula is C25H27ClN6O6. The normalized spacial score (nSPS) is 18.2. The van der Waals surface area contributed by atoms with Crippen molar-refractivity contribution in [3.05, 3.63) is 65.2 Å². The number of amides is 6. The lowest BCUT2D eigenvalue weighted by atomic mass is 10.0. The van der Waals surface area contributed by atoms with Crippen LogP contribution in [0.5, 0.6) is 0 Å². The van der Waals surface area contributed by atoms with Gasteiger partial charge in [0.05, 0.1) is 26.2 Å². The van der Waals surface area contributed by atoms with Crippen LogP contribution in [0, 0.1) is 0 Å². The minimum Gasteiger partial charge on any atom is -0.346 e.